The number of hydrogen-bond acceptors (Lipinski definition) is 5. The number of fused-ring (bicyclic) bond motifs is 2. The molecule has 146 valence electrons. The molecule has 0 aliphatic carbocycles. The number of piperidine rings is 1. The molecule has 2 unspecified atom stereocenters. The minimum absolute atomic E-state index is 0.0929. The molecule has 0 spiro atoms. The number of rotatable bonds is 3. The summed E-state index contributed by atoms with van der Waals surface area (Å²) in [5, 5.41) is 0. The first-order valence-corrected chi connectivity index (χ1v) is 9.81. The molecule has 0 radical (unpaired) electrons. The van der Waals surface area contributed by atoms with Crippen LogP contribution in [0.2, 0.25) is 0 Å². The Morgan fingerprint density at radius 1 is 1.00 bits per heavy atom. The van der Waals surface area contributed by atoms with E-state index in [0.717, 1.165) is 62.8 Å². The predicted molar refractivity (Wildman–Crippen MR) is 104 cm³/mol. The van der Waals surface area contributed by atoms with Crippen LogP contribution in [0.1, 0.15) is 16.8 Å². The average Bonchev–Trinajstić information content (AvgIpc) is 2.74. The lowest BCUT2D eigenvalue weighted by atomic mass is 9.86. The van der Waals surface area contributed by atoms with Crippen LogP contribution >= 0.6 is 0 Å². The van der Waals surface area contributed by atoms with Crippen LogP contribution in [0.5, 0.6) is 0 Å². The normalized spacial score (nSPS) is 24.1. The van der Waals surface area contributed by atoms with Crippen LogP contribution in [0.4, 0.5) is 15.8 Å². The second-order valence-electron chi connectivity index (χ2n) is 7.64. The maximum atomic E-state index is 13.4. The van der Waals surface area contributed by atoms with E-state index in [2.05, 4.69) is 14.8 Å². The molecule has 2 bridgehead atoms. The van der Waals surface area contributed by atoms with Crippen molar-refractivity contribution in [1.82, 2.24) is 9.88 Å². The quantitative estimate of drug-likeness (QED) is 0.762. The summed E-state index contributed by atoms with van der Waals surface area (Å²) >= 11 is 0. The smallest absolute Gasteiger partial charge is 0.254 e. The third-order valence-corrected chi connectivity index (χ3v) is 5.99. The van der Waals surface area contributed by atoms with Crippen molar-refractivity contribution in [2.45, 2.75) is 18.5 Å². The van der Waals surface area contributed by atoms with E-state index in [4.69, 9.17) is 4.74 Å². The zero-order valence-electron chi connectivity index (χ0n) is 15.6. The maximum absolute atomic E-state index is 13.4. The molecule has 2 aromatic rings. The van der Waals surface area contributed by atoms with E-state index in [1.807, 2.05) is 35.2 Å². The minimum atomic E-state index is -0.468. The molecular weight excluding hydrogens is 359 g/mol. The van der Waals surface area contributed by atoms with Crippen molar-refractivity contribution < 1.29 is 13.9 Å². The molecule has 0 saturated carbocycles. The van der Waals surface area contributed by atoms with Crippen LogP contribution in [0.3, 0.4) is 0 Å². The zero-order valence-corrected chi connectivity index (χ0v) is 15.6. The Balaban J connectivity index is 1.26. The third-order valence-electron chi connectivity index (χ3n) is 5.99. The number of benzene rings is 1. The summed E-state index contributed by atoms with van der Waals surface area (Å²) in [6.07, 6.45) is 2.51. The fraction of sp³-hybridized carbons (Fsp3) is 0.429. The largest absolute Gasteiger partial charge is 0.378 e. The van der Waals surface area contributed by atoms with Gasteiger partial charge in [0.1, 0.15) is 0 Å². The van der Waals surface area contributed by atoms with E-state index in [0.29, 0.717) is 0 Å². The maximum Gasteiger partial charge on any atom is 0.254 e. The van der Waals surface area contributed by atoms with Gasteiger partial charge in [-0.1, -0.05) is 0 Å². The Morgan fingerprint density at radius 3 is 2.39 bits per heavy atom. The van der Waals surface area contributed by atoms with E-state index in [1.54, 1.807) is 0 Å². The summed E-state index contributed by atoms with van der Waals surface area (Å²) in [6.45, 7) is 4.73. The molecule has 6 rings (SSSR count). The molecule has 4 aliphatic rings. The number of carbonyl (C=O) groups is 1. The summed E-state index contributed by atoms with van der Waals surface area (Å²) in [5.41, 5.74) is 2.70. The van der Waals surface area contributed by atoms with Crippen molar-refractivity contribution in [1.29, 1.82) is 0 Å². The van der Waals surface area contributed by atoms with Gasteiger partial charge in [0.05, 0.1) is 25.3 Å². The number of piperazine rings is 1. The van der Waals surface area contributed by atoms with Gasteiger partial charge in [-0.25, -0.2) is 4.98 Å². The van der Waals surface area contributed by atoms with Crippen molar-refractivity contribution in [3.05, 3.63) is 54.1 Å². The van der Waals surface area contributed by atoms with Crippen LogP contribution in [-0.2, 0) is 4.74 Å². The molecule has 28 heavy (non-hydrogen) atoms. The first-order valence-electron chi connectivity index (χ1n) is 9.81. The number of pyridine rings is 1. The second-order valence-corrected chi connectivity index (χ2v) is 7.64. The van der Waals surface area contributed by atoms with E-state index in [1.165, 1.54) is 12.3 Å². The lowest BCUT2D eigenvalue weighted by molar-refractivity contribution is 0.00591. The zero-order chi connectivity index (χ0) is 19.1. The monoisotopic (exact) mass is 382 g/mol. The Kier molecular flexibility index (Phi) is 4.39. The van der Waals surface area contributed by atoms with Gasteiger partial charge in [0.15, 0.2) is 0 Å². The third kappa shape index (κ3) is 3.09. The van der Waals surface area contributed by atoms with Gasteiger partial charge in [-0.15, -0.1) is 0 Å². The van der Waals surface area contributed by atoms with Crippen LogP contribution < -0.4 is 9.80 Å². The number of morpholine rings is 1. The van der Waals surface area contributed by atoms with Crippen molar-refractivity contribution in [2.75, 3.05) is 49.2 Å². The number of ether oxygens (including phenoxy) is 1. The van der Waals surface area contributed by atoms with E-state index in [9.17, 15) is 9.18 Å². The highest BCUT2D eigenvalue weighted by atomic mass is 19.1. The standard InChI is InChI=1S/C21H23FN4O2/c22-20-12-17(5-6-23-20)25-13-18-11-19(14-25)26(18)21(27)15-1-3-16(4-2-15)24-7-9-28-10-8-24/h1-6,12,18-19H,7-11,13-14H2. The lowest BCUT2D eigenvalue weighted by Gasteiger charge is -2.56. The molecule has 4 saturated heterocycles. The van der Waals surface area contributed by atoms with Gasteiger partial charge in [0.2, 0.25) is 5.95 Å². The summed E-state index contributed by atoms with van der Waals surface area (Å²) in [7, 11) is 0. The molecular formula is C21H23FN4O2. The first kappa shape index (κ1) is 17.4. The van der Waals surface area contributed by atoms with E-state index in [-0.39, 0.29) is 18.0 Å². The van der Waals surface area contributed by atoms with Gasteiger partial charge in [0.25, 0.3) is 5.91 Å². The topological polar surface area (TPSA) is 48.9 Å². The van der Waals surface area contributed by atoms with E-state index >= 15 is 0 Å². The van der Waals surface area contributed by atoms with Crippen molar-refractivity contribution in [2.24, 2.45) is 0 Å². The van der Waals surface area contributed by atoms with Crippen molar-refractivity contribution >= 4 is 17.3 Å². The van der Waals surface area contributed by atoms with Gasteiger partial charge < -0.3 is 19.4 Å². The summed E-state index contributed by atoms with van der Waals surface area (Å²) < 4.78 is 18.8. The molecule has 0 N–H and O–H groups in total. The van der Waals surface area contributed by atoms with Crippen LogP contribution in [0, 0.1) is 5.95 Å². The van der Waals surface area contributed by atoms with E-state index < -0.39 is 5.95 Å². The summed E-state index contributed by atoms with van der Waals surface area (Å²) in [5.74, 6) is -0.375. The molecule has 2 atom stereocenters. The minimum Gasteiger partial charge on any atom is -0.378 e. The van der Waals surface area contributed by atoms with Gasteiger partial charge in [-0.05, 0) is 36.8 Å². The number of carbonyl (C=O) groups excluding carboxylic acids is 1. The van der Waals surface area contributed by atoms with Gasteiger partial charge in [-0.2, -0.15) is 4.39 Å². The molecule has 5 heterocycles. The number of nitrogens with zero attached hydrogens (tertiary/aromatic N) is 4. The Labute approximate surface area is 163 Å². The van der Waals surface area contributed by atoms with Gasteiger partial charge in [-0.3, -0.25) is 4.79 Å². The summed E-state index contributed by atoms with van der Waals surface area (Å²) in [4.78, 5) is 23.1. The van der Waals surface area contributed by atoms with Gasteiger partial charge in [0, 0.05) is 55.4 Å². The molecule has 1 aromatic heterocycles. The van der Waals surface area contributed by atoms with Crippen molar-refractivity contribution in [3.63, 3.8) is 0 Å². The van der Waals surface area contributed by atoms with Crippen LogP contribution in [-0.4, -0.2) is 67.3 Å². The average molecular weight is 382 g/mol. The number of anilines is 2. The fourth-order valence-electron chi connectivity index (χ4n) is 4.53. The Hall–Kier alpha value is -2.67. The number of aromatic nitrogens is 1. The molecule has 1 amide bonds. The Bertz CT molecular complexity index is 857. The SMILES string of the molecule is O=C(c1ccc(N2CCOCC2)cc1)N1C2CC1CN(c1ccnc(F)c1)C2. The van der Waals surface area contributed by atoms with Gasteiger partial charge >= 0.3 is 0 Å². The molecule has 4 aliphatic heterocycles. The molecule has 1 aromatic carbocycles. The highest BCUT2D eigenvalue weighted by Crippen LogP contribution is 2.36. The molecule has 4 fully saturated rings. The fourth-order valence-corrected chi connectivity index (χ4v) is 4.53. The predicted octanol–water partition coefficient (Wildman–Crippen LogP) is 2.16. The number of hydrogen-bond donors (Lipinski definition) is 0. The number of halogens is 1. The highest BCUT2D eigenvalue weighted by Gasteiger charge is 2.47. The van der Waals surface area contributed by atoms with Crippen molar-refractivity contribution in [3.8, 4) is 0 Å². The Morgan fingerprint density at radius 2 is 1.71 bits per heavy atom. The molecule has 6 nitrogen and oxygen atoms in total. The van der Waals surface area contributed by atoms with Crippen LogP contribution in [0.15, 0.2) is 42.6 Å². The van der Waals surface area contributed by atoms with Crippen LogP contribution in [0.25, 0.3) is 0 Å². The molecule has 7 heteroatoms. The second kappa shape index (κ2) is 7.05. The first-order chi connectivity index (χ1) is 13.7. The lowest BCUT2D eigenvalue weighted by Crippen LogP contribution is -2.70. The highest BCUT2D eigenvalue weighted by molar-refractivity contribution is 5.96. The number of amides is 1. The summed E-state index contributed by atoms with van der Waals surface area (Å²) in [6, 6.07) is 11.6.